The second kappa shape index (κ2) is 34.4. The molecule has 0 spiro atoms. The van der Waals surface area contributed by atoms with Gasteiger partial charge >= 0.3 is 25.5 Å². The van der Waals surface area contributed by atoms with Crippen molar-refractivity contribution in [3.05, 3.63) is 43.0 Å². The highest BCUT2D eigenvalue weighted by molar-refractivity contribution is 7.47. The Morgan fingerprint density at radius 3 is 1.74 bits per heavy atom. The number of nitrogens with zero attached hydrogens (tertiary/aromatic N) is 4. The van der Waals surface area contributed by atoms with E-state index in [1.54, 1.807) is 0 Å². The zero-order chi connectivity index (χ0) is 45.3. The van der Waals surface area contributed by atoms with Crippen molar-refractivity contribution in [3.63, 3.8) is 0 Å². The topological polar surface area (TPSA) is 221 Å². The van der Waals surface area contributed by atoms with E-state index in [2.05, 4.69) is 28.9 Å². The van der Waals surface area contributed by atoms with Crippen molar-refractivity contribution in [1.29, 1.82) is 0 Å². The number of aromatic nitrogens is 2. The minimum atomic E-state index is -4.81. The number of ether oxygens (including phenoxy) is 3. The van der Waals surface area contributed by atoms with Gasteiger partial charge < -0.3 is 19.1 Å². The molecular formula is C45H80N5O11P. The maximum atomic E-state index is 13.0. The first-order valence-electron chi connectivity index (χ1n) is 24.0. The number of esters is 2. The van der Waals surface area contributed by atoms with Crippen molar-refractivity contribution < 1.29 is 42.3 Å². The molecule has 2 heterocycles. The highest BCUT2D eigenvalue weighted by Crippen LogP contribution is 2.45. The first kappa shape index (κ1) is 55.1. The van der Waals surface area contributed by atoms with E-state index in [0.29, 0.717) is 12.8 Å². The van der Waals surface area contributed by atoms with Gasteiger partial charge in [0.05, 0.1) is 25.4 Å². The lowest BCUT2D eigenvalue weighted by molar-refractivity contribution is -0.161. The van der Waals surface area contributed by atoms with E-state index in [9.17, 15) is 28.6 Å². The fraction of sp³-hybridized carbons (Fsp3) is 0.867. The molecule has 0 radical (unpaired) electrons. The molecular weight excluding hydrogens is 817 g/mol. The number of azide groups is 1. The molecule has 0 amide bonds. The summed E-state index contributed by atoms with van der Waals surface area (Å²) in [6, 6.07) is -0.878. The van der Waals surface area contributed by atoms with Gasteiger partial charge in [-0.05, 0) is 25.3 Å². The highest BCUT2D eigenvalue weighted by atomic mass is 31.2. The third-order valence-electron chi connectivity index (χ3n) is 11.4. The van der Waals surface area contributed by atoms with Gasteiger partial charge in [-0.25, -0.2) is 9.36 Å². The number of nitrogens with one attached hydrogen (secondary N) is 1. The van der Waals surface area contributed by atoms with Crippen LogP contribution in [0.1, 0.15) is 212 Å². The molecule has 62 heavy (non-hydrogen) atoms. The fourth-order valence-corrected chi connectivity index (χ4v) is 8.36. The van der Waals surface area contributed by atoms with Crippen LogP contribution in [0.25, 0.3) is 10.4 Å². The van der Waals surface area contributed by atoms with Crippen LogP contribution in [0, 0.1) is 6.92 Å². The van der Waals surface area contributed by atoms with Gasteiger partial charge in [-0.15, -0.1) is 0 Å². The van der Waals surface area contributed by atoms with Crippen molar-refractivity contribution in [2.24, 2.45) is 5.11 Å². The molecule has 0 saturated carbocycles. The Kier molecular flexibility index (Phi) is 30.6. The standard InChI is InChI=1S/C45H80N5O11P/c1-4-6-8-10-12-14-16-18-20-22-24-26-28-30-42(51)57-34-38(60-43(52)31-29-27-25-23-21-19-17-15-13-11-9-7-5-2)35-58-62(55,56)59-36-40-39(48-49-46)32-41(61-40)50-33-37(3)44(53)47-45(50)54/h33,38-41H,4-32,34-36H2,1-3H3,(H,55,56)(H,47,53,54)/t38?,39-,40+,41+/m0/s1. The van der Waals surface area contributed by atoms with E-state index in [1.807, 2.05) is 0 Å². The number of H-pyrrole nitrogens is 1. The number of phosphoric acid groups is 1. The zero-order valence-electron chi connectivity index (χ0n) is 38.3. The van der Waals surface area contributed by atoms with Gasteiger partial charge in [-0.3, -0.25) is 33.0 Å². The minimum Gasteiger partial charge on any atom is -0.462 e. The summed E-state index contributed by atoms with van der Waals surface area (Å²) in [6.45, 7) is 4.47. The molecule has 356 valence electrons. The smallest absolute Gasteiger partial charge is 0.462 e. The molecule has 17 heteroatoms. The summed E-state index contributed by atoms with van der Waals surface area (Å²) >= 11 is 0. The third kappa shape index (κ3) is 25.9. The number of rotatable bonds is 39. The second-order valence-electron chi connectivity index (χ2n) is 17.0. The molecule has 1 aromatic rings. The van der Waals surface area contributed by atoms with Crippen molar-refractivity contribution in [1.82, 2.24) is 9.55 Å². The predicted molar refractivity (Wildman–Crippen MR) is 241 cm³/mol. The number of phosphoric ester groups is 1. The average molecular weight is 898 g/mol. The molecule has 1 saturated heterocycles. The van der Waals surface area contributed by atoms with Crippen LogP contribution in [0.3, 0.4) is 0 Å². The number of unbranched alkanes of at least 4 members (excludes halogenated alkanes) is 24. The van der Waals surface area contributed by atoms with Gasteiger partial charge in [0.15, 0.2) is 6.10 Å². The van der Waals surface area contributed by atoms with Crippen molar-refractivity contribution >= 4 is 19.8 Å². The molecule has 0 bridgehead atoms. The van der Waals surface area contributed by atoms with Crippen LogP contribution >= 0.6 is 7.82 Å². The summed E-state index contributed by atoms with van der Waals surface area (Å²) in [4.78, 5) is 65.4. The van der Waals surface area contributed by atoms with Crippen LogP contribution in [0.15, 0.2) is 20.9 Å². The van der Waals surface area contributed by atoms with Crippen LogP contribution in [-0.4, -0.2) is 64.5 Å². The number of aromatic amines is 1. The van der Waals surface area contributed by atoms with E-state index in [4.69, 9.17) is 28.8 Å². The Labute approximate surface area is 370 Å². The fourth-order valence-electron chi connectivity index (χ4n) is 7.60. The maximum Gasteiger partial charge on any atom is 0.472 e. The minimum absolute atomic E-state index is 0.0298. The van der Waals surface area contributed by atoms with Crippen molar-refractivity contribution in [2.75, 3.05) is 19.8 Å². The van der Waals surface area contributed by atoms with Gasteiger partial charge in [0.25, 0.3) is 5.56 Å². The number of carbonyl (C=O) groups excluding carboxylic acids is 2. The molecule has 1 aromatic heterocycles. The number of carbonyl (C=O) groups is 2. The summed E-state index contributed by atoms with van der Waals surface area (Å²) in [5.74, 6) is -0.985. The number of hydrogen-bond donors (Lipinski definition) is 2. The second-order valence-corrected chi connectivity index (χ2v) is 18.4. The maximum absolute atomic E-state index is 13.0. The number of aryl methyl sites for hydroxylation is 1. The van der Waals surface area contributed by atoms with Gasteiger partial charge in [0, 0.05) is 35.9 Å². The lowest BCUT2D eigenvalue weighted by Crippen LogP contribution is -2.33. The first-order chi connectivity index (χ1) is 30.0. The molecule has 16 nitrogen and oxygen atoms in total. The monoisotopic (exact) mass is 898 g/mol. The van der Waals surface area contributed by atoms with E-state index < -0.39 is 68.7 Å². The lowest BCUT2D eigenvalue weighted by Gasteiger charge is -2.21. The van der Waals surface area contributed by atoms with Gasteiger partial charge in [0.2, 0.25) is 0 Å². The summed E-state index contributed by atoms with van der Waals surface area (Å²) < 4.78 is 41.4. The van der Waals surface area contributed by atoms with E-state index in [1.165, 1.54) is 129 Å². The lowest BCUT2D eigenvalue weighted by atomic mass is 10.0. The predicted octanol–water partition coefficient (Wildman–Crippen LogP) is 11.4. The molecule has 0 aliphatic carbocycles. The average Bonchev–Trinajstić information content (AvgIpc) is 3.65. The van der Waals surface area contributed by atoms with E-state index in [-0.39, 0.29) is 31.4 Å². The molecule has 5 atom stereocenters. The Morgan fingerprint density at radius 1 is 0.790 bits per heavy atom. The SMILES string of the molecule is CCCCCCCCCCCCCCCC(=O)OCC(COP(=O)(O)OC[C@H]1O[C@@H](n2cc(C)c(=O)[nH]c2=O)C[C@@H]1N=[N+]=[N-])OC(=O)CCCCCCCCCCCCCCC. The zero-order valence-corrected chi connectivity index (χ0v) is 39.2. The summed E-state index contributed by atoms with van der Waals surface area (Å²) in [7, 11) is -4.81. The Bertz CT molecular complexity index is 1580. The Hall–Kier alpha value is -3.00. The van der Waals surface area contributed by atoms with Crippen LogP contribution < -0.4 is 11.2 Å². The molecule has 0 aromatic carbocycles. The van der Waals surface area contributed by atoms with Gasteiger partial charge in [-0.2, -0.15) is 0 Å². The molecule has 2 rings (SSSR count). The summed E-state index contributed by atoms with van der Waals surface area (Å²) in [5.41, 5.74) is 8.07. The third-order valence-corrected chi connectivity index (χ3v) is 12.3. The highest BCUT2D eigenvalue weighted by Gasteiger charge is 2.38. The van der Waals surface area contributed by atoms with Crippen LogP contribution in [0.2, 0.25) is 0 Å². The quantitative estimate of drug-likeness (QED) is 0.0158. The van der Waals surface area contributed by atoms with Crippen LogP contribution in [-0.2, 0) is 37.4 Å². The summed E-state index contributed by atoms with van der Waals surface area (Å²) in [5, 5.41) is 3.69. The van der Waals surface area contributed by atoms with Gasteiger partial charge in [-0.1, -0.05) is 173 Å². The van der Waals surface area contributed by atoms with Crippen molar-refractivity contribution in [2.45, 2.75) is 231 Å². The first-order valence-corrected chi connectivity index (χ1v) is 25.5. The molecule has 2 unspecified atom stereocenters. The summed E-state index contributed by atoms with van der Waals surface area (Å²) in [6.07, 6.45) is 29.1. The van der Waals surface area contributed by atoms with E-state index >= 15 is 0 Å². The molecule has 2 N–H and O–H groups in total. The molecule has 1 aliphatic rings. The Morgan fingerprint density at radius 2 is 1.26 bits per heavy atom. The van der Waals surface area contributed by atoms with Crippen LogP contribution in [0.4, 0.5) is 0 Å². The largest absolute Gasteiger partial charge is 0.472 e. The van der Waals surface area contributed by atoms with Gasteiger partial charge in [0.1, 0.15) is 12.8 Å². The van der Waals surface area contributed by atoms with Crippen molar-refractivity contribution in [3.8, 4) is 0 Å². The Balaban J connectivity index is 1.82. The molecule has 1 fully saturated rings. The van der Waals surface area contributed by atoms with Crippen LogP contribution in [0.5, 0.6) is 0 Å². The number of hydrogen-bond acceptors (Lipinski definition) is 11. The molecule has 1 aliphatic heterocycles. The normalized spacial score (nSPS) is 17.6. The van der Waals surface area contributed by atoms with E-state index in [0.717, 1.165) is 43.1 Å².